The Bertz CT molecular complexity index is 565. The van der Waals surface area contributed by atoms with Crippen LogP contribution in [-0.4, -0.2) is 0 Å². The van der Waals surface area contributed by atoms with E-state index in [1.165, 1.54) is 0 Å². The Morgan fingerprint density at radius 1 is 1.06 bits per heavy atom. The standard InChI is InChI=1S/C14H13N3/c1-10-8-13(6-7-14(10)16)17-12-4-2-11(9-15)3-5-12/h2-8,17H,16H2,1H3. The third-order valence-corrected chi connectivity index (χ3v) is 2.57. The van der Waals surface area contributed by atoms with Gasteiger partial charge in [0.25, 0.3) is 0 Å². The first-order chi connectivity index (χ1) is 8.19. The Hall–Kier alpha value is -2.47. The monoisotopic (exact) mass is 223 g/mol. The summed E-state index contributed by atoms with van der Waals surface area (Å²) < 4.78 is 0. The molecular formula is C14H13N3. The van der Waals surface area contributed by atoms with E-state index in [4.69, 9.17) is 11.0 Å². The van der Waals surface area contributed by atoms with E-state index in [2.05, 4.69) is 11.4 Å². The molecule has 0 heterocycles. The quantitative estimate of drug-likeness (QED) is 0.768. The topological polar surface area (TPSA) is 61.8 Å². The highest BCUT2D eigenvalue weighted by molar-refractivity contribution is 5.64. The van der Waals surface area contributed by atoms with Gasteiger partial charge in [0.05, 0.1) is 11.6 Å². The number of anilines is 3. The third-order valence-electron chi connectivity index (χ3n) is 2.57. The van der Waals surface area contributed by atoms with Crippen molar-refractivity contribution in [3.8, 4) is 6.07 Å². The predicted molar refractivity (Wildman–Crippen MR) is 70.0 cm³/mol. The van der Waals surface area contributed by atoms with Crippen LogP contribution in [-0.2, 0) is 0 Å². The van der Waals surface area contributed by atoms with Gasteiger partial charge in [0.2, 0.25) is 0 Å². The van der Waals surface area contributed by atoms with Gasteiger partial charge in [-0.2, -0.15) is 5.26 Å². The maximum absolute atomic E-state index is 8.70. The first kappa shape index (κ1) is 11.0. The van der Waals surface area contributed by atoms with Gasteiger partial charge in [-0.1, -0.05) is 0 Å². The number of hydrogen-bond donors (Lipinski definition) is 2. The third kappa shape index (κ3) is 2.56. The largest absolute Gasteiger partial charge is 0.399 e. The van der Waals surface area contributed by atoms with Crippen LogP contribution in [0.15, 0.2) is 42.5 Å². The molecule has 3 N–H and O–H groups in total. The number of nitriles is 1. The van der Waals surface area contributed by atoms with E-state index in [1.54, 1.807) is 12.1 Å². The lowest BCUT2D eigenvalue weighted by molar-refractivity contribution is 1.44. The zero-order chi connectivity index (χ0) is 12.3. The van der Waals surface area contributed by atoms with Crippen LogP contribution < -0.4 is 11.1 Å². The number of hydrogen-bond acceptors (Lipinski definition) is 3. The van der Waals surface area contributed by atoms with Crippen molar-refractivity contribution in [3.63, 3.8) is 0 Å². The molecule has 0 saturated carbocycles. The minimum absolute atomic E-state index is 0.657. The highest BCUT2D eigenvalue weighted by Crippen LogP contribution is 2.21. The van der Waals surface area contributed by atoms with Crippen LogP contribution in [0.2, 0.25) is 0 Å². The fourth-order valence-corrected chi connectivity index (χ4v) is 1.55. The maximum Gasteiger partial charge on any atom is 0.0991 e. The molecule has 0 spiro atoms. The Labute approximate surface area is 101 Å². The molecule has 2 rings (SSSR count). The number of nitrogens with zero attached hydrogens (tertiary/aromatic N) is 1. The highest BCUT2D eigenvalue weighted by atomic mass is 14.9. The second-order valence-electron chi connectivity index (χ2n) is 3.89. The van der Waals surface area contributed by atoms with Crippen LogP contribution in [0.25, 0.3) is 0 Å². The van der Waals surface area contributed by atoms with Crippen molar-refractivity contribution in [2.24, 2.45) is 0 Å². The van der Waals surface area contributed by atoms with Gasteiger partial charge in [-0.05, 0) is 55.0 Å². The fourth-order valence-electron chi connectivity index (χ4n) is 1.55. The zero-order valence-electron chi connectivity index (χ0n) is 9.57. The molecule has 0 aromatic heterocycles. The van der Waals surface area contributed by atoms with E-state index in [0.717, 1.165) is 22.6 Å². The van der Waals surface area contributed by atoms with Gasteiger partial charge < -0.3 is 11.1 Å². The SMILES string of the molecule is Cc1cc(Nc2ccc(C#N)cc2)ccc1N. The molecule has 3 heteroatoms. The lowest BCUT2D eigenvalue weighted by Gasteiger charge is -2.08. The van der Waals surface area contributed by atoms with Crippen molar-refractivity contribution in [2.45, 2.75) is 6.92 Å². The van der Waals surface area contributed by atoms with Gasteiger partial charge >= 0.3 is 0 Å². The van der Waals surface area contributed by atoms with Crippen LogP contribution in [0, 0.1) is 18.3 Å². The summed E-state index contributed by atoms with van der Waals surface area (Å²) in [6, 6.07) is 15.2. The molecule has 0 bridgehead atoms. The van der Waals surface area contributed by atoms with Crippen LogP contribution in [0.4, 0.5) is 17.1 Å². The predicted octanol–water partition coefficient (Wildman–Crippen LogP) is 3.19. The molecule has 0 aliphatic heterocycles. The van der Waals surface area contributed by atoms with Gasteiger partial charge in [-0.15, -0.1) is 0 Å². The summed E-state index contributed by atoms with van der Waals surface area (Å²) >= 11 is 0. The molecule has 0 amide bonds. The van der Waals surface area contributed by atoms with Crippen molar-refractivity contribution in [1.82, 2.24) is 0 Å². The van der Waals surface area contributed by atoms with Crippen LogP contribution in [0.5, 0.6) is 0 Å². The Morgan fingerprint density at radius 3 is 2.29 bits per heavy atom. The summed E-state index contributed by atoms with van der Waals surface area (Å²) in [5, 5.41) is 12.0. The summed E-state index contributed by atoms with van der Waals surface area (Å²) in [6.45, 7) is 1.97. The van der Waals surface area contributed by atoms with E-state index < -0.39 is 0 Å². The number of rotatable bonds is 2. The Kier molecular flexibility index (Phi) is 2.97. The smallest absolute Gasteiger partial charge is 0.0991 e. The molecule has 84 valence electrons. The lowest BCUT2D eigenvalue weighted by atomic mass is 10.1. The lowest BCUT2D eigenvalue weighted by Crippen LogP contribution is -1.93. The first-order valence-electron chi connectivity index (χ1n) is 5.32. The average Bonchev–Trinajstić information content (AvgIpc) is 2.35. The van der Waals surface area contributed by atoms with E-state index >= 15 is 0 Å². The number of nitrogen functional groups attached to an aromatic ring is 1. The number of aryl methyl sites for hydroxylation is 1. The summed E-state index contributed by atoms with van der Waals surface area (Å²) in [6.07, 6.45) is 0. The second-order valence-corrected chi connectivity index (χ2v) is 3.89. The minimum Gasteiger partial charge on any atom is -0.399 e. The summed E-state index contributed by atoms with van der Waals surface area (Å²) in [4.78, 5) is 0. The van der Waals surface area contributed by atoms with Crippen molar-refractivity contribution in [2.75, 3.05) is 11.1 Å². The maximum atomic E-state index is 8.70. The minimum atomic E-state index is 0.657. The molecule has 0 fully saturated rings. The summed E-state index contributed by atoms with van der Waals surface area (Å²) in [5.74, 6) is 0. The van der Waals surface area contributed by atoms with Crippen LogP contribution >= 0.6 is 0 Å². The molecule has 0 aliphatic carbocycles. The van der Waals surface area contributed by atoms with Crippen molar-refractivity contribution < 1.29 is 0 Å². The molecule has 17 heavy (non-hydrogen) atoms. The molecule has 3 nitrogen and oxygen atoms in total. The highest BCUT2D eigenvalue weighted by Gasteiger charge is 1.98. The molecule has 0 unspecified atom stereocenters. The van der Waals surface area contributed by atoms with E-state index in [-0.39, 0.29) is 0 Å². The number of nitrogens with one attached hydrogen (secondary N) is 1. The zero-order valence-corrected chi connectivity index (χ0v) is 9.57. The molecule has 0 radical (unpaired) electrons. The average molecular weight is 223 g/mol. The van der Waals surface area contributed by atoms with Crippen molar-refractivity contribution in [1.29, 1.82) is 5.26 Å². The second kappa shape index (κ2) is 4.58. The van der Waals surface area contributed by atoms with Crippen molar-refractivity contribution >= 4 is 17.1 Å². The Balaban J connectivity index is 2.20. The Morgan fingerprint density at radius 2 is 1.71 bits per heavy atom. The molecule has 0 saturated heterocycles. The van der Waals surface area contributed by atoms with Gasteiger partial charge in [0.15, 0.2) is 0 Å². The molecule has 0 atom stereocenters. The van der Waals surface area contributed by atoms with Crippen LogP contribution in [0.3, 0.4) is 0 Å². The first-order valence-corrected chi connectivity index (χ1v) is 5.32. The van der Waals surface area contributed by atoms with E-state index in [9.17, 15) is 0 Å². The van der Waals surface area contributed by atoms with Gasteiger partial charge in [0.1, 0.15) is 0 Å². The van der Waals surface area contributed by atoms with Gasteiger partial charge in [-0.25, -0.2) is 0 Å². The van der Waals surface area contributed by atoms with Gasteiger partial charge in [-0.3, -0.25) is 0 Å². The number of nitrogens with two attached hydrogens (primary N) is 1. The van der Waals surface area contributed by atoms with E-state index in [1.807, 2.05) is 37.3 Å². The molecule has 2 aromatic carbocycles. The van der Waals surface area contributed by atoms with Crippen molar-refractivity contribution in [3.05, 3.63) is 53.6 Å². The normalized spacial score (nSPS) is 9.65. The van der Waals surface area contributed by atoms with E-state index in [0.29, 0.717) is 5.56 Å². The summed E-state index contributed by atoms with van der Waals surface area (Å²) in [7, 11) is 0. The van der Waals surface area contributed by atoms with Gasteiger partial charge in [0, 0.05) is 17.1 Å². The number of benzene rings is 2. The fraction of sp³-hybridized carbons (Fsp3) is 0.0714. The molecular weight excluding hydrogens is 210 g/mol. The molecule has 2 aromatic rings. The van der Waals surface area contributed by atoms with Crippen LogP contribution in [0.1, 0.15) is 11.1 Å². The summed E-state index contributed by atoms with van der Waals surface area (Å²) in [5.41, 5.74) is 10.2. The molecule has 0 aliphatic rings.